The van der Waals surface area contributed by atoms with Crippen molar-refractivity contribution in [1.82, 2.24) is 10.2 Å². The smallest absolute Gasteiger partial charge is 0.254 e. The number of hydrogen-bond acceptors (Lipinski definition) is 4. The molecule has 1 aliphatic heterocycles. The third kappa shape index (κ3) is 5.44. The van der Waals surface area contributed by atoms with Crippen molar-refractivity contribution >= 4 is 5.91 Å². The molecule has 2 N–H and O–H groups in total. The lowest BCUT2D eigenvalue weighted by molar-refractivity contribution is 0.0573. The molecule has 1 amide bonds. The van der Waals surface area contributed by atoms with E-state index in [1.807, 2.05) is 11.0 Å². The molecule has 0 spiro atoms. The van der Waals surface area contributed by atoms with Gasteiger partial charge in [-0.1, -0.05) is 0 Å². The number of unbranched alkanes of at least 4 members (excludes halogenated alkanes) is 1. The summed E-state index contributed by atoms with van der Waals surface area (Å²) < 4.78 is 5.07. The van der Waals surface area contributed by atoms with E-state index in [1.54, 1.807) is 19.2 Å². The van der Waals surface area contributed by atoms with Gasteiger partial charge in [-0.25, -0.2) is 0 Å². The number of aromatic hydroxyl groups is 1. The average Bonchev–Trinajstić information content (AvgIpc) is 2.61. The summed E-state index contributed by atoms with van der Waals surface area (Å²) in [5.74, 6) is 0.325. The zero-order valence-electron chi connectivity index (χ0n) is 15.8. The number of amides is 1. The van der Waals surface area contributed by atoms with Crippen LogP contribution in [0.4, 0.5) is 0 Å². The predicted octanol–water partition coefficient (Wildman–Crippen LogP) is 2.96. The Bertz CT molecular complexity index is 554. The van der Waals surface area contributed by atoms with Crippen LogP contribution in [0, 0.1) is 0 Å². The number of nitrogens with one attached hydrogen (secondary N) is 1. The first-order chi connectivity index (χ1) is 12.0. The van der Waals surface area contributed by atoms with Crippen molar-refractivity contribution in [2.75, 3.05) is 26.8 Å². The Kier molecular flexibility index (Phi) is 7.72. The first kappa shape index (κ1) is 19.7. The van der Waals surface area contributed by atoms with E-state index in [2.05, 4.69) is 19.2 Å². The summed E-state index contributed by atoms with van der Waals surface area (Å²) in [6.07, 6.45) is 4.77. The normalized spacial score (nSPS) is 17.7. The molecular formula is C20H32N2O3. The molecule has 1 saturated heterocycles. The van der Waals surface area contributed by atoms with Crippen LogP contribution in [0.25, 0.3) is 0 Å². The van der Waals surface area contributed by atoms with E-state index < -0.39 is 0 Å². The largest absolute Gasteiger partial charge is 0.508 e. The number of ether oxygens (including phenoxy) is 1. The molecule has 5 nitrogen and oxygen atoms in total. The van der Waals surface area contributed by atoms with Gasteiger partial charge in [0.1, 0.15) is 5.75 Å². The molecule has 0 aromatic heterocycles. The van der Waals surface area contributed by atoms with E-state index in [9.17, 15) is 9.90 Å². The van der Waals surface area contributed by atoms with E-state index in [1.165, 1.54) is 0 Å². The summed E-state index contributed by atoms with van der Waals surface area (Å²) in [6.45, 7) is 6.74. The van der Waals surface area contributed by atoms with Crippen LogP contribution in [0.2, 0.25) is 0 Å². The zero-order valence-corrected chi connectivity index (χ0v) is 15.8. The molecule has 1 fully saturated rings. The van der Waals surface area contributed by atoms with Gasteiger partial charge in [0.2, 0.25) is 0 Å². The summed E-state index contributed by atoms with van der Waals surface area (Å²) >= 11 is 0. The van der Waals surface area contributed by atoms with Gasteiger partial charge < -0.3 is 20.1 Å². The molecule has 1 atom stereocenters. The van der Waals surface area contributed by atoms with Crippen molar-refractivity contribution in [3.05, 3.63) is 29.3 Å². The highest BCUT2D eigenvalue weighted by molar-refractivity contribution is 5.95. The molecule has 25 heavy (non-hydrogen) atoms. The van der Waals surface area contributed by atoms with Crippen LogP contribution in [0.1, 0.15) is 55.5 Å². The average molecular weight is 348 g/mol. The number of carbonyl (C=O) groups excluding carboxylic acids is 1. The maximum absolute atomic E-state index is 13.1. The monoisotopic (exact) mass is 348 g/mol. The lowest BCUT2D eigenvalue weighted by Gasteiger charge is -2.37. The molecule has 1 unspecified atom stereocenters. The van der Waals surface area contributed by atoms with E-state index >= 15 is 0 Å². The van der Waals surface area contributed by atoms with E-state index in [0.717, 1.165) is 57.4 Å². The van der Waals surface area contributed by atoms with Gasteiger partial charge in [0.05, 0.1) is 0 Å². The number of benzene rings is 1. The number of carbonyl (C=O) groups is 1. The van der Waals surface area contributed by atoms with Crippen LogP contribution in [0.3, 0.4) is 0 Å². The molecule has 2 rings (SSSR count). The van der Waals surface area contributed by atoms with Crippen molar-refractivity contribution in [2.45, 2.75) is 58.0 Å². The van der Waals surface area contributed by atoms with Gasteiger partial charge in [0.25, 0.3) is 5.91 Å². The molecule has 140 valence electrons. The second-order valence-corrected chi connectivity index (χ2v) is 7.10. The van der Waals surface area contributed by atoms with Crippen molar-refractivity contribution in [2.24, 2.45) is 0 Å². The number of aryl methyl sites for hydroxylation is 1. The van der Waals surface area contributed by atoms with Crippen LogP contribution >= 0.6 is 0 Å². The highest BCUT2D eigenvalue weighted by Gasteiger charge is 2.28. The minimum atomic E-state index is 0.0573. The standard InChI is InChI=1S/C20H32N2O3/c1-15(2)22(18-8-6-11-21-14-18)20(24)17-9-10-19(23)16(13-17)7-4-5-12-25-3/h9-10,13,15,18,21,23H,4-8,11-12,14H2,1-3H3. The Morgan fingerprint density at radius 1 is 1.40 bits per heavy atom. The molecule has 1 aromatic carbocycles. The minimum absolute atomic E-state index is 0.0573. The number of nitrogens with zero attached hydrogens (tertiary/aromatic N) is 1. The van der Waals surface area contributed by atoms with Crippen LogP contribution in [0.15, 0.2) is 18.2 Å². The molecule has 0 aliphatic carbocycles. The predicted molar refractivity (Wildman–Crippen MR) is 100 cm³/mol. The Hall–Kier alpha value is -1.59. The van der Waals surface area contributed by atoms with Crippen LogP contribution in [-0.4, -0.2) is 54.8 Å². The summed E-state index contributed by atoms with van der Waals surface area (Å²) in [6, 6.07) is 5.63. The number of hydrogen-bond donors (Lipinski definition) is 2. The maximum Gasteiger partial charge on any atom is 0.254 e. The maximum atomic E-state index is 13.1. The summed E-state index contributed by atoms with van der Waals surface area (Å²) in [7, 11) is 1.69. The minimum Gasteiger partial charge on any atom is -0.508 e. The number of piperidine rings is 1. The number of rotatable bonds is 8. The second-order valence-electron chi connectivity index (χ2n) is 7.10. The van der Waals surface area contributed by atoms with Gasteiger partial charge in [0.15, 0.2) is 0 Å². The summed E-state index contributed by atoms with van der Waals surface area (Å²) in [4.78, 5) is 15.1. The highest BCUT2D eigenvalue weighted by atomic mass is 16.5. The lowest BCUT2D eigenvalue weighted by Crippen LogP contribution is -2.51. The Morgan fingerprint density at radius 3 is 2.84 bits per heavy atom. The summed E-state index contributed by atoms with van der Waals surface area (Å²) in [5.41, 5.74) is 1.51. The van der Waals surface area contributed by atoms with Gasteiger partial charge in [-0.3, -0.25) is 4.79 Å². The Morgan fingerprint density at radius 2 is 2.20 bits per heavy atom. The summed E-state index contributed by atoms with van der Waals surface area (Å²) in [5, 5.41) is 13.5. The quantitative estimate of drug-likeness (QED) is 0.709. The van der Waals surface area contributed by atoms with Crippen molar-refractivity contribution in [3.8, 4) is 5.75 Å². The van der Waals surface area contributed by atoms with E-state index in [4.69, 9.17) is 4.74 Å². The van der Waals surface area contributed by atoms with E-state index in [-0.39, 0.29) is 23.7 Å². The molecule has 0 radical (unpaired) electrons. The second kappa shape index (κ2) is 9.78. The van der Waals surface area contributed by atoms with Crippen LogP contribution in [0.5, 0.6) is 5.75 Å². The van der Waals surface area contributed by atoms with Crippen molar-refractivity contribution in [3.63, 3.8) is 0 Å². The van der Waals surface area contributed by atoms with Crippen LogP contribution in [-0.2, 0) is 11.2 Å². The third-order valence-corrected chi connectivity index (χ3v) is 4.83. The van der Waals surface area contributed by atoms with Crippen LogP contribution < -0.4 is 5.32 Å². The fraction of sp³-hybridized carbons (Fsp3) is 0.650. The molecule has 5 heteroatoms. The highest BCUT2D eigenvalue weighted by Crippen LogP contribution is 2.24. The van der Waals surface area contributed by atoms with Crippen molar-refractivity contribution < 1.29 is 14.6 Å². The topological polar surface area (TPSA) is 61.8 Å². The van der Waals surface area contributed by atoms with Gasteiger partial charge in [-0.15, -0.1) is 0 Å². The molecule has 0 bridgehead atoms. The molecule has 0 saturated carbocycles. The number of methoxy groups -OCH3 is 1. The number of phenolic OH excluding ortho intramolecular Hbond substituents is 1. The number of phenols is 1. The van der Waals surface area contributed by atoms with Gasteiger partial charge in [-0.05, 0) is 76.3 Å². The third-order valence-electron chi connectivity index (χ3n) is 4.83. The van der Waals surface area contributed by atoms with Crippen molar-refractivity contribution in [1.29, 1.82) is 0 Å². The first-order valence-electron chi connectivity index (χ1n) is 9.38. The van der Waals surface area contributed by atoms with E-state index in [0.29, 0.717) is 5.56 Å². The SMILES string of the molecule is COCCCCc1cc(C(=O)N(C(C)C)C2CCCNC2)ccc1O. The Balaban J connectivity index is 2.13. The molecule has 1 aromatic rings. The fourth-order valence-corrected chi connectivity index (χ4v) is 3.52. The van der Waals surface area contributed by atoms with Gasteiger partial charge in [-0.2, -0.15) is 0 Å². The lowest BCUT2D eigenvalue weighted by atomic mass is 10.00. The fourth-order valence-electron chi connectivity index (χ4n) is 3.52. The Labute approximate surface area is 151 Å². The molecule has 1 heterocycles. The molecular weight excluding hydrogens is 316 g/mol. The van der Waals surface area contributed by atoms with Gasteiger partial charge in [0, 0.05) is 37.9 Å². The first-order valence-corrected chi connectivity index (χ1v) is 9.38. The zero-order chi connectivity index (χ0) is 18.2. The molecule has 1 aliphatic rings. The van der Waals surface area contributed by atoms with Gasteiger partial charge >= 0.3 is 0 Å².